The molecule has 0 aliphatic heterocycles. The van der Waals surface area contributed by atoms with Crippen LogP contribution in [-0.2, 0) is 25.5 Å². The molecule has 0 amide bonds. The fourth-order valence-electron chi connectivity index (χ4n) is 2.58. The van der Waals surface area contributed by atoms with Crippen LogP contribution in [0.15, 0.2) is 76.8 Å². The van der Waals surface area contributed by atoms with Crippen LogP contribution in [0.2, 0.25) is 0 Å². The second-order valence-corrected chi connectivity index (χ2v) is 10.9. The molecule has 2 N–H and O–H groups in total. The van der Waals surface area contributed by atoms with Crippen LogP contribution < -0.4 is 9.44 Å². The smallest absolute Gasteiger partial charge is 0.264 e. The quantitative estimate of drug-likeness (QED) is 0.599. The predicted octanol–water partition coefficient (Wildman–Crippen LogP) is 3.38. The molecule has 10 heteroatoms. The van der Waals surface area contributed by atoms with E-state index in [0.29, 0.717) is 0 Å². The summed E-state index contributed by atoms with van der Waals surface area (Å²) in [6, 6.07) is 13.6. The van der Waals surface area contributed by atoms with E-state index in [1.807, 2.05) is 20.8 Å². The molecule has 0 radical (unpaired) electrons. The summed E-state index contributed by atoms with van der Waals surface area (Å²) in [5.41, 5.74) is 1.17. The highest BCUT2D eigenvalue weighted by Gasteiger charge is 2.19. The average Bonchev–Trinajstić information content (AvgIpc) is 2.68. The van der Waals surface area contributed by atoms with E-state index in [1.54, 1.807) is 30.3 Å². The molecule has 0 fully saturated rings. The summed E-state index contributed by atoms with van der Waals surface area (Å²) in [7, 11) is -7.70. The van der Waals surface area contributed by atoms with Crippen molar-refractivity contribution in [2.75, 3.05) is 9.44 Å². The SMILES string of the molecule is CC(C)(C)c1ccc(S(=O)(=O)Nc2ccc(S(=O)(=O)Nc3ncccn3)cc2)cc1. The van der Waals surface area contributed by atoms with Crippen LogP contribution in [0.5, 0.6) is 0 Å². The van der Waals surface area contributed by atoms with E-state index in [4.69, 9.17) is 0 Å². The standard InChI is InChI=1S/C20H22N4O4S2/c1-20(2,3)15-5-9-17(10-6-15)29(25,26)23-16-7-11-18(12-8-16)30(27,28)24-19-21-13-4-14-22-19/h4-14,23H,1-3H3,(H,21,22,24). The minimum absolute atomic E-state index is 0.0487. The minimum Gasteiger partial charge on any atom is -0.280 e. The van der Waals surface area contributed by atoms with Crippen molar-refractivity contribution in [2.45, 2.75) is 36.0 Å². The Kier molecular flexibility index (Phi) is 5.82. The molecule has 0 saturated carbocycles. The van der Waals surface area contributed by atoms with Crippen LogP contribution in [0.1, 0.15) is 26.3 Å². The Balaban J connectivity index is 1.76. The third-order valence-corrected chi connectivity index (χ3v) is 6.98. The van der Waals surface area contributed by atoms with Gasteiger partial charge in [0.2, 0.25) is 5.95 Å². The minimum atomic E-state index is -3.90. The fraction of sp³-hybridized carbons (Fsp3) is 0.200. The maximum Gasteiger partial charge on any atom is 0.264 e. The number of nitrogens with one attached hydrogen (secondary N) is 2. The largest absolute Gasteiger partial charge is 0.280 e. The third-order valence-electron chi connectivity index (χ3n) is 4.24. The van der Waals surface area contributed by atoms with E-state index in [9.17, 15) is 16.8 Å². The molecule has 0 saturated heterocycles. The first-order valence-corrected chi connectivity index (χ1v) is 12.0. The molecule has 3 aromatic rings. The van der Waals surface area contributed by atoms with Gasteiger partial charge in [0.25, 0.3) is 20.0 Å². The molecule has 1 heterocycles. The molecular weight excluding hydrogens is 424 g/mol. The van der Waals surface area contributed by atoms with E-state index < -0.39 is 20.0 Å². The van der Waals surface area contributed by atoms with Crippen LogP contribution in [0.25, 0.3) is 0 Å². The number of sulfonamides is 2. The van der Waals surface area contributed by atoms with Gasteiger partial charge in [0.05, 0.1) is 9.79 Å². The zero-order valence-electron chi connectivity index (χ0n) is 16.7. The van der Waals surface area contributed by atoms with Gasteiger partial charge in [0, 0.05) is 18.1 Å². The molecule has 8 nitrogen and oxygen atoms in total. The van der Waals surface area contributed by atoms with Crippen molar-refractivity contribution >= 4 is 31.7 Å². The maximum atomic E-state index is 12.6. The molecule has 3 rings (SSSR count). The average molecular weight is 447 g/mol. The van der Waals surface area contributed by atoms with Crippen LogP contribution in [0.3, 0.4) is 0 Å². The monoisotopic (exact) mass is 446 g/mol. The molecule has 0 aliphatic carbocycles. The normalized spacial score (nSPS) is 12.4. The molecule has 1 aromatic heterocycles. The van der Waals surface area contributed by atoms with E-state index in [1.165, 1.54) is 36.7 Å². The summed E-state index contributed by atoms with van der Waals surface area (Å²) in [5.74, 6) is -0.0546. The van der Waals surface area contributed by atoms with E-state index in [2.05, 4.69) is 19.4 Å². The summed E-state index contributed by atoms with van der Waals surface area (Å²) >= 11 is 0. The Hall–Kier alpha value is -2.98. The van der Waals surface area contributed by atoms with Gasteiger partial charge in [0.15, 0.2) is 0 Å². The summed E-state index contributed by atoms with van der Waals surface area (Å²) in [6.07, 6.45) is 2.83. The lowest BCUT2D eigenvalue weighted by Crippen LogP contribution is -2.16. The van der Waals surface area contributed by atoms with Gasteiger partial charge in [-0.25, -0.2) is 31.5 Å². The summed E-state index contributed by atoms with van der Waals surface area (Å²) in [6.45, 7) is 6.13. The molecule has 30 heavy (non-hydrogen) atoms. The zero-order chi connectivity index (χ0) is 22.0. The number of nitrogens with zero attached hydrogens (tertiary/aromatic N) is 2. The van der Waals surface area contributed by atoms with Gasteiger partial charge in [-0.1, -0.05) is 32.9 Å². The first kappa shape index (κ1) is 21.7. The topological polar surface area (TPSA) is 118 Å². The highest BCUT2D eigenvalue weighted by molar-refractivity contribution is 7.93. The molecule has 0 aliphatic rings. The van der Waals surface area contributed by atoms with Crippen molar-refractivity contribution in [1.29, 1.82) is 0 Å². The molecule has 158 valence electrons. The van der Waals surface area contributed by atoms with E-state index in [0.717, 1.165) is 5.56 Å². The van der Waals surface area contributed by atoms with Crippen LogP contribution >= 0.6 is 0 Å². The lowest BCUT2D eigenvalue weighted by molar-refractivity contribution is 0.587. The number of aromatic nitrogens is 2. The zero-order valence-corrected chi connectivity index (χ0v) is 18.3. The molecule has 0 atom stereocenters. The highest BCUT2D eigenvalue weighted by Crippen LogP contribution is 2.25. The first-order chi connectivity index (χ1) is 14.0. The van der Waals surface area contributed by atoms with Gasteiger partial charge in [-0.2, -0.15) is 0 Å². The fourth-order valence-corrected chi connectivity index (χ4v) is 4.60. The van der Waals surface area contributed by atoms with Gasteiger partial charge in [-0.15, -0.1) is 0 Å². The van der Waals surface area contributed by atoms with Gasteiger partial charge in [-0.05, 0) is 53.4 Å². The van der Waals surface area contributed by atoms with Crippen molar-refractivity contribution in [1.82, 2.24) is 9.97 Å². The van der Waals surface area contributed by atoms with Gasteiger partial charge >= 0.3 is 0 Å². The summed E-state index contributed by atoms with van der Waals surface area (Å²) < 4.78 is 54.8. The molecular formula is C20H22N4O4S2. The number of hydrogen-bond donors (Lipinski definition) is 2. The predicted molar refractivity (Wildman–Crippen MR) is 115 cm³/mol. The van der Waals surface area contributed by atoms with Crippen LogP contribution in [0, 0.1) is 0 Å². The summed E-state index contributed by atoms with van der Waals surface area (Å²) in [4.78, 5) is 7.71. The number of hydrogen-bond acceptors (Lipinski definition) is 6. The molecule has 2 aromatic carbocycles. The van der Waals surface area contributed by atoms with Crippen molar-refractivity contribution in [3.05, 3.63) is 72.6 Å². The van der Waals surface area contributed by atoms with Crippen molar-refractivity contribution in [3.63, 3.8) is 0 Å². The first-order valence-electron chi connectivity index (χ1n) is 9.01. The van der Waals surface area contributed by atoms with Crippen molar-refractivity contribution < 1.29 is 16.8 Å². The second-order valence-electron chi connectivity index (χ2n) is 7.58. The number of anilines is 2. The molecule has 0 spiro atoms. The Bertz CT molecular complexity index is 1220. The van der Waals surface area contributed by atoms with Crippen molar-refractivity contribution in [2.24, 2.45) is 0 Å². The van der Waals surface area contributed by atoms with Gasteiger partial charge < -0.3 is 0 Å². The molecule has 0 bridgehead atoms. The third kappa shape index (κ3) is 5.14. The van der Waals surface area contributed by atoms with Gasteiger partial charge in [0.1, 0.15) is 0 Å². The second kappa shape index (κ2) is 8.04. The van der Waals surface area contributed by atoms with Crippen LogP contribution in [0.4, 0.5) is 11.6 Å². The highest BCUT2D eigenvalue weighted by atomic mass is 32.2. The number of benzene rings is 2. The Morgan fingerprint density at radius 3 is 1.67 bits per heavy atom. The van der Waals surface area contributed by atoms with Crippen LogP contribution in [-0.4, -0.2) is 26.8 Å². The van der Waals surface area contributed by atoms with Crippen molar-refractivity contribution in [3.8, 4) is 0 Å². The van der Waals surface area contributed by atoms with Gasteiger partial charge in [-0.3, -0.25) is 4.72 Å². The Labute approximate surface area is 176 Å². The lowest BCUT2D eigenvalue weighted by Gasteiger charge is -2.19. The lowest BCUT2D eigenvalue weighted by atomic mass is 9.87. The Morgan fingerprint density at radius 2 is 1.17 bits per heavy atom. The van der Waals surface area contributed by atoms with E-state index in [-0.39, 0.29) is 26.8 Å². The Morgan fingerprint density at radius 1 is 0.700 bits per heavy atom. The molecule has 0 unspecified atom stereocenters. The maximum absolute atomic E-state index is 12.6. The summed E-state index contributed by atoms with van der Waals surface area (Å²) in [5, 5.41) is 0. The number of rotatable bonds is 6. The van der Waals surface area contributed by atoms with E-state index >= 15 is 0 Å².